The molecule has 1 aromatic rings. The average Bonchev–Trinajstić information content (AvgIpc) is 2.40. The fourth-order valence-electron chi connectivity index (χ4n) is 1.54. The van der Waals surface area contributed by atoms with Crippen LogP contribution in [0.4, 0.5) is 0 Å². The summed E-state index contributed by atoms with van der Waals surface area (Å²) in [5.41, 5.74) is 1.95. The molecule has 0 aliphatic heterocycles. The van der Waals surface area contributed by atoms with Crippen LogP contribution in [-0.4, -0.2) is 28.0 Å². The zero-order valence-corrected chi connectivity index (χ0v) is 10.1. The molecule has 0 saturated heterocycles. The summed E-state index contributed by atoms with van der Waals surface area (Å²) in [6, 6.07) is 0.106. The van der Waals surface area contributed by atoms with E-state index < -0.39 is 0 Å². The molecule has 0 radical (unpaired) electrons. The number of amides is 1. The first-order valence-electron chi connectivity index (χ1n) is 5.24. The third-order valence-electron chi connectivity index (χ3n) is 2.30. The zero-order valence-electron chi connectivity index (χ0n) is 10.1. The Kier molecular flexibility index (Phi) is 3.82. The molecule has 0 saturated carbocycles. The highest BCUT2D eigenvalue weighted by molar-refractivity contribution is 5.79. The second kappa shape index (κ2) is 4.92. The quantitative estimate of drug-likeness (QED) is 0.769. The van der Waals surface area contributed by atoms with Crippen molar-refractivity contribution in [2.45, 2.75) is 40.3 Å². The van der Waals surface area contributed by atoms with Gasteiger partial charge in [0, 0.05) is 11.7 Å². The second-order valence-corrected chi connectivity index (χ2v) is 4.08. The molecular weight excluding hydrogens is 206 g/mol. The molecule has 0 aliphatic carbocycles. The predicted octanol–water partition coefficient (Wildman–Crippen LogP) is 0.837. The molecule has 0 spiro atoms. The molecule has 0 aromatic carbocycles. The summed E-state index contributed by atoms with van der Waals surface area (Å²) in [4.78, 5) is 22.3. The van der Waals surface area contributed by atoms with Crippen LogP contribution >= 0.6 is 0 Å². The molecule has 0 fully saturated rings. The third kappa shape index (κ3) is 2.68. The van der Waals surface area contributed by atoms with Crippen LogP contribution in [0.1, 0.15) is 35.6 Å². The van der Waals surface area contributed by atoms with E-state index in [4.69, 9.17) is 0 Å². The van der Waals surface area contributed by atoms with Crippen molar-refractivity contribution in [2.75, 3.05) is 0 Å². The predicted molar refractivity (Wildman–Crippen MR) is 60.4 cm³/mol. The van der Waals surface area contributed by atoms with Crippen LogP contribution in [0.15, 0.2) is 0 Å². The summed E-state index contributed by atoms with van der Waals surface area (Å²) in [7, 11) is 0. The lowest BCUT2D eigenvalue weighted by Gasteiger charge is -2.09. The van der Waals surface area contributed by atoms with Gasteiger partial charge in [0.1, 0.15) is 6.54 Å². The molecule has 0 aliphatic rings. The van der Waals surface area contributed by atoms with E-state index in [1.165, 1.54) is 0 Å². The van der Waals surface area contributed by atoms with Crippen molar-refractivity contribution in [2.24, 2.45) is 0 Å². The minimum absolute atomic E-state index is 0.0990. The standard InChI is InChI=1S/C11H17N3O2/c1-7(2)12-11(16)5-14-9(4)10(6-15)8(3)13-14/h6-7H,5H2,1-4H3,(H,12,16). The van der Waals surface area contributed by atoms with Gasteiger partial charge >= 0.3 is 0 Å². The van der Waals surface area contributed by atoms with E-state index in [1.54, 1.807) is 18.5 Å². The molecule has 1 aromatic heterocycles. The van der Waals surface area contributed by atoms with Gasteiger partial charge in [0.15, 0.2) is 6.29 Å². The molecule has 1 N–H and O–H groups in total. The van der Waals surface area contributed by atoms with Gasteiger partial charge in [0.25, 0.3) is 0 Å². The molecule has 88 valence electrons. The number of aldehydes is 1. The molecule has 5 heteroatoms. The summed E-state index contributed by atoms with van der Waals surface area (Å²) in [6.07, 6.45) is 0.772. The summed E-state index contributed by atoms with van der Waals surface area (Å²) in [5, 5.41) is 6.93. The summed E-state index contributed by atoms with van der Waals surface area (Å²) in [6.45, 7) is 7.49. The highest BCUT2D eigenvalue weighted by Gasteiger charge is 2.13. The van der Waals surface area contributed by atoms with Gasteiger partial charge < -0.3 is 5.32 Å². The van der Waals surface area contributed by atoms with Crippen LogP contribution in [0.2, 0.25) is 0 Å². The van der Waals surface area contributed by atoms with Gasteiger partial charge in [0.2, 0.25) is 5.91 Å². The second-order valence-electron chi connectivity index (χ2n) is 4.08. The summed E-state index contributed by atoms with van der Waals surface area (Å²) in [5.74, 6) is -0.0990. The Labute approximate surface area is 94.8 Å². The normalized spacial score (nSPS) is 10.6. The maximum absolute atomic E-state index is 11.5. The summed E-state index contributed by atoms with van der Waals surface area (Å²) < 4.78 is 1.55. The average molecular weight is 223 g/mol. The van der Waals surface area contributed by atoms with Crippen LogP contribution in [-0.2, 0) is 11.3 Å². The van der Waals surface area contributed by atoms with Crippen LogP contribution in [0.3, 0.4) is 0 Å². The zero-order chi connectivity index (χ0) is 12.3. The minimum atomic E-state index is -0.0990. The number of nitrogens with one attached hydrogen (secondary N) is 1. The van der Waals surface area contributed by atoms with E-state index in [2.05, 4.69) is 10.4 Å². The van der Waals surface area contributed by atoms with Crippen LogP contribution < -0.4 is 5.32 Å². The molecule has 0 atom stereocenters. The molecule has 16 heavy (non-hydrogen) atoms. The number of hydrogen-bond donors (Lipinski definition) is 1. The van der Waals surface area contributed by atoms with Crippen molar-refractivity contribution in [1.82, 2.24) is 15.1 Å². The monoisotopic (exact) mass is 223 g/mol. The Morgan fingerprint density at radius 3 is 2.56 bits per heavy atom. The Balaban J connectivity index is 2.82. The van der Waals surface area contributed by atoms with E-state index in [0.717, 1.165) is 12.0 Å². The molecule has 1 amide bonds. The van der Waals surface area contributed by atoms with E-state index >= 15 is 0 Å². The lowest BCUT2D eigenvalue weighted by molar-refractivity contribution is -0.122. The van der Waals surface area contributed by atoms with Gasteiger partial charge in [-0.15, -0.1) is 0 Å². The fraction of sp³-hybridized carbons (Fsp3) is 0.545. The highest BCUT2D eigenvalue weighted by Crippen LogP contribution is 2.09. The smallest absolute Gasteiger partial charge is 0.241 e. The largest absolute Gasteiger partial charge is 0.352 e. The van der Waals surface area contributed by atoms with E-state index in [1.807, 2.05) is 13.8 Å². The first-order valence-corrected chi connectivity index (χ1v) is 5.24. The SMILES string of the molecule is Cc1nn(CC(=O)NC(C)C)c(C)c1C=O. The molecule has 0 unspecified atom stereocenters. The van der Waals surface area contributed by atoms with Crippen LogP contribution in [0, 0.1) is 13.8 Å². The number of nitrogens with zero attached hydrogens (tertiary/aromatic N) is 2. The molecule has 1 heterocycles. The number of hydrogen-bond acceptors (Lipinski definition) is 3. The number of aryl methyl sites for hydroxylation is 1. The Morgan fingerprint density at radius 1 is 1.50 bits per heavy atom. The van der Waals surface area contributed by atoms with E-state index in [9.17, 15) is 9.59 Å². The fourth-order valence-corrected chi connectivity index (χ4v) is 1.54. The number of aromatic nitrogens is 2. The van der Waals surface area contributed by atoms with Crippen molar-refractivity contribution in [1.29, 1.82) is 0 Å². The molecular formula is C11H17N3O2. The first-order chi connectivity index (χ1) is 7.45. The van der Waals surface area contributed by atoms with Gasteiger partial charge in [-0.2, -0.15) is 5.10 Å². The Bertz CT molecular complexity index is 408. The van der Waals surface area contributed by atoms with E-state index in [0.29, 0.717) is 11.3 Å². The topological polar surface area (TPSA) is 64.0 Å². The van der Waals surface area contributed by atoms with Crippen molar-refractivity contribution >= 4 is 12.2 Å². The van der Waals surface area contributed by atoms with Crippen LogP contribution in [0.25, 0.3) is 0 Å². The first kappa shape index (κ1) is 12.4. The van der Waals surface area contributed by atoms with Crippen molar-refractivity contribution < 1.29 is 9.59 Å². The summed E-state index contributed by atoms with van der Waals surface area (Å²) >= 11 is 0. The Hall–Kier alpha value is -1.65. The van der Waals surface area contributed by atoms with Gasteiger partial charge in [-0.05, 0) is 27.7 Å². The lowest BCUT2D eigenvalue weighted by atomic mass is 10.2. The van der Waals surface area contributed by atoms with Gasteiger partial charge in [0.05, 0.1) is 11.3 Å². The Morgan fingerprint density at radius 2 is 2.12 bits per heavy atom. The van der Waals surface area contributed by atoms with Gasteiger partial charge in [-0.3, -0.25) is 14.3 Å². The minimum Gasteiger partial charge on any atom is -0.352 e. The molecule has 5 nitrogen and oxygen atoms in total. The van der Waals surface area contributed by atoms with E-state index in [-0.39, 0.29) is 18.5 Å². The number of carbonyl (C=O) groups excluding carboxylic acids is 2. The maximum Gasteiger partial charge on any atom is 0.241 e. The van der Waals surface area contributed by atoms with Crippen molar-refractivity contribution in [3.8, 4) is 0 Å². The van der Waals surface area contributed by atoms with Crippen molar-refractivity contribution in [3.63, 3.8) is 0 Å². The third-order valence-corrected chi connectivity index (χ3v) is 2.30. The van der Waals surface area contributed by atoms with Crippen molar-refractivity contribution in [3.05, 3.63) is 17.0 Å². The molecule has 0 bridgehead atoms. The van der Waals surface area contributed by atoms with Crippen LogP contribution in [0.5, 0.6) is 0 Å². The maximum atomic E-state index is 11.5. The highest BCUT2D eigenvalue weighted by atomic mass is 16.2. The van der Waals surface area contributed by atoms with Gasteiger partial charge in [-0.1, -0.05) is 0 Å². The number of rotatable bonds is 4. The number of carbonyl (C=O) groups is 2. The van der Waals surface area contributed by atoms with Gasteiger partial charge in [-0.25, -0.2) is 0 Å². The lowest BCUT2D eigenvalue weighted by Crippen LogP contribution is -2.33. The molecule has 1 rings (SSSR count).